The number of hydrogen-bond donors (Lipinski definition) is 3. The maximum absolute atomic E-state index is 11.6. The van der Waals surface area contributed by atoms with Crippen molar-refractivity contribution in [2.75, 3.05) is 11.9 Å². The van der Waals surface area contributed by atoms with Crippen LogP contribution in [-0.2, 0) is 4.79 Å². The van der Waals surface area contributed by atoms with Crippen LogP contribution >= 0.6 is 0 Å². The van der Waals surface area contributed by atoms with Gasteiger partial charge in [0.25, 0.3) is 0 Å². The van der Waals surface area contributed by atoms with Crippen LogP contribution in [0.4, 0.5) is 10.5 Å². The molecule has 1 rings (SSSR count). The van der Waals surface area contributed by atoms with Gasteiger partial charge in [0, 0.05) is 12.2 Å². The van der Waals surface area contributed by atoms with Crippen molar-refractivity contribution in [1.82, 2.24) is 5.32 Å². The third-order valence-electron chi connectivity index (χ3n) is 2.91. The molecular formula is C14H20N2O3. The first-order valence-corrected chi connectivity index (χ1v) is 6.24. The zero-order valence-corrected chi connectivity index (χ0v) is 11.4. The number of nitrogens with one attached hydrogen (secondary N) is 2. The van der Waals surface area contributed by atoms with Crippen LogP contribution < -0.4 is 10.6 Å². The Labute approximate surface area is 113 Å². The number of aliphatic carboxylic acids is 1. The Morgan fingerprint density at radius 1 is 1.21 bits per heavy atom. The van der Waals surface area contributed by atoms with Gasteiger partial charge in [-0.05, 0) is 25.0 Å². The Hall–Kier alpha value is -2.04. The molecule has 0 saturated heterocycles. The number of carboxylic acid groups (broad SMARTS) is 1. The fourth-order valence-electron chi connectivity index (χ4n) is 1.62. The molecule has 0 heterocycles. The molecule has 3 N–H and O–H groups in total. The molecule has 19 heavy (non-hydrogen) atoms. The molecule has 0 bridgehead atoms. The number of benzene rings is 1. The summed E-state index contributed by atoms with van der Waals surface area (Å²) >= 11 is 0. The van der Waals surface area contributed by atoms with Gasteiger partial charge in [0.1, 0.15) is 0 Å². The van der Waals surface area contributed by atoms with Crippen molar-refractivity contribution in [3.05, 3.63) is 29.8 Å². The van der Waals surface area contributed by atoms with E-state index in [2.05, 4.69) is 10.6 Å². The molecule has 104 valence electrons. The Bertz CT molecular complexity index is 441. The standard InChI is InChI=1S/C14H20N2O3/c1-9(2)12(13(17)18)8-15-14(19)16-11-6-4-10(3)5-7-11/h4-7,9,12H,8H2,1-3H3,(H,17,18)(H2,15,16,19). The third-order valence-corrected chi connectivity index (χ3v) is 2.91. The van der Waals surface area contributed by atoms with Gasteiger partial charge in [-0.25, -0.2) is 4.79 Å². The summed E-state index contributed by atoms with van der Waals surface area (Å²) in [7, 11) is 0. The number of carbonyl (C=O) groups is 2. The number of carbonyl (C=O) groups excluding carboxylic acids is 1. The second-order valence-electron chi connectivity index (χ2n) is 4.89. The van der Waals surface area contributed by atoms with Crippen LogP contribution in [0.15, 0.2) is 24.3 Å². The Kier molecular flexibility index (Phi) is 5.36. The number of anilines is 1. The van der Waals surface area contributed by atoms with E-state index in [1.165, 1.54) is 0 Å². The van der Waals surface area contributed by atoms with E-state index in [1.807, 2.05) is 32.9 Å². The molecule has 1 atom stereocenters. The molecule has 0 spiro atoms. The number of rotatable bonds is 5. The highest BCUT2D eigenvalue weighted by atomic mass is 16.4. The topological polar surface area (TPSA) is 78.4 Å². The smallest absolute Gasteiger partial charge is 0.319 e. The molecule has 0 fully saturated rings. The predicted molar refractivity (Wildman–Crippen MR) is 74.2 cm³/mol. The van der Waals surface area contributed by atoms with Gasteiger partial charge in [0.15, 0.2) is 0 Å². The van der Waals surface area contributed by atoms with Crippen molar-refractivity contribution in [3.8, 4) is 0 Å². The first kappa shape index (κ1) is 15.0. The zero-order valence-electron chi connectivity index (χ0n) is 11.4. The second-order valence-corrected chi connectivity index (χ2v) is 4.89. The Balaban J connectivity index is 2.47. The quantitative estimate of drug-likeness (QED) is 0.764. The highest BCUT2D eigenvalue weighted by Gasteiger charge is 2.21. The Morgan fingerprint density at radius 3 is 2.26 bits per heavy atom. The lowest BCUT2D eigenvalue weighted by Gasteiger charge is -2.17. The lowest BCUT2D eigenvalue weighted by atomic mass is 9.96. The third kappa shape index (κ3) is 4.99. The minimum absolute atomic E-state index is 0.0304. The van der Waals surface area contributed by atoms with E-state index in [9.17, 15) is 9.59 Å². The zero-order chi connectivity index (χ0) is 14.4. The highest BCUT2D eigenvalue weighted by molar-refractivity contribution is 5.89. The lowest BCUT2D eigenvalue weighted by molar-refractivity contribution is -0.142. The Morgan fingerprint density at radius 2 is 1.79 bits per heavy atom. The fraction of sp³-hybridized carbons (Fsp3) is 0.429. The average molecular weight is 264 g/mol. The van der Waals surface area contributed by atoms with Gasteiger partial charge < -0.3 is 15.7 Å². The minimum atomic E-state index is -0.898. The van der Waals surface area contributed by atoms with Gasteiger partial charge in [0.05, 0.1) is 5.92 Å². The van der Waals surface area contributed by atoms with Gasteiger partial charge in [-0.1, -0.05) is 31.5 Å². The average Bonchev–Trinajstić information content (AvgIpc) is 2.31. The van der Waals surface area contributed by atoms with Crippen LogP contribution in [0.5, 0.6) is 0 Å². The summed E-state index contributed by atoms with van der Waals surface area (Å²) < 4.78 is 0. The first-order valence-electron chi connectivity index (χ1n) is 6.24. The van der Waals surface area contributed by atoms with E-state index in [1.54, 1.807) is 12.1 Å². The van der Waals surface area contributed by atoms with Crippen LogP contribution in [0.3, 0.4) is 0 Å². The first-order chi connectivity index (χ1) is 8.90. The van der Waals surface area contributed by atoms with Crippen LogP contribution in [0.2, 0.25) is 0 Å². The molecule has 1 aromatic carbocycles. The molecule has 0 saturated carbocycles. The van der Waals surface area contributed by atoms with E-state index in [-0.39, 0.29) is 12.5 Å². The summed E-state index contributed by atoms with van der Waals surface area (Å²) in [5.41, 5.74) is 1.79. The van der Waals surface area contributed by atoms with Crippen molar-refractivity contribution in [1.29, 1.82) is 0 Å². The monoisotopic (exact) mass is 264 g/mol. The van der Waals surface area contributed by atoms with Crippen molar-refractivity contribution < 1.29 is 14.7 Å². The summed E-state index contributed by atoms with van der Waals surface area (Å²) in [5.74, 6) is -1.51. The molecule has 5 nitrogen and oxygen atoms in total. The van der Waals surface area contributed by atoms with E-state index >= 15 is 0 Å². The highest BCUT2D eigenvalue weighted by Crippen LogP contribution is 2.11. The summed E-state index contributed by atoms with van der Waals surface area (Å²) in [6.45, 7) is 5.71. The number of urea groups is 1. The molecule has 0 aliphatic rings. The van der Waals surface area contributed by atoms with E-state index in [4.69, 9.17) is 5.11 Å². The SMILES string of the molecule is Cc1ccc(NC(=O)NCC(C(=O)O)C(C)C)cc1. The van der Waals surface area contributed by atoms with Gasteiger partial charge >= 0.3 is 12.0 Å². The van der Waals surface area contributed by atoms with Crippen LogP contribution in [-0.4, -0.2) is 23.7 Å². The normalized spacial score (nSPS) is 12.0. The molecule has 1 unspecified atom stereocenters. The van der Waals surface area contributed by atoms with Crippen molar-refractivity contribution in [2.45, 2.75) is 20.8 Å². The number of amides is 2. The number of carboxylic acids is 1. The molecule has 0 aromatic heterocycles. The lowest BCUT2D eigenvalue weighted by Crippen LogP contribution is -2.37. The summed E-state index contributed by atoms with van der Waals surface area (Å²) in [6.07, 6.45) is 0. The minimum Gasteiger partial charge on any atom is -0.481 e. The predicted octanol–water partition coefficient (Wildman–Crippen LogP) is 2.47. The summed E-state index contributed by atoms with van der Waals surface area (Å²) in [6, 6.07) is 6.99. The van der Waals surface area contributed by atoms with Crippen LogP contribution in [0.25, 0.3) is 0 Å². The largest absolute Gasteiger partial charge is 0.481 e. The van der Waals surface area contributed by atoms with Gasteiger partial charge in [0.2, 0.25) is 0 Å². The van der Waals surface area contributed by atoms with Gasteiger partial charge in [-0.3, -0.25) is 4.79 Å². The second kappa shape index (κ2) is 6.78. The summed E-state index contributed by atoms with van der Waals surface area (Å²) in [5, 5.41) is 14.2. The maximum atomic E-state index is 11.6. The molecule has 0 aliphatic heterocycles. The van der Waals surface area contributed by atoms with Crippen molar-refractivity contribution in [2.24, 2.45) is 11.8 Å². The van der Waals surface area contributed by atoms with Crippen LogP contribution in [0.1, 0.15) is 19.4 Å². The van der Waals surface area contributed by atoms with Gasteiger partial charge in [-0.15, -0.1) is 0 Å². The molecule has 1 aromatic rings. The molecule has 0 radical (unpaired) electrons. The van der Waals surface area contributed by atoms with E-state index in [0.717, 1.165) is 5.56 Å². The van der Waals surface area contributed by atoms with Crippen molar-refractivity contribution in [3.63, 3.8) is 0 Å². The maximum Gasteiger partial charge on any atom is 0.319 e. The number of hydrogen-bond acceptors (Lipinski definition) is 2. The molecule has 2 amide bonds. The molecule has 5 heteroatoms. The van der Waals surface area contributed by atoms with E-state index in [0.29, 0.717) is 5.69 Å². The van der Waals surface area contributed by atoms with Crippen LogP contribution in [0, 0.1) is 18.8 Å². The molecular weight excluding hydrogens is 244 g/mol. The fourth-order valence-corrected chi connectivity index (χ4v) is 1.62. The summed E-state index contributed by atoms with van der Waals surface area (Å²) in [4.78, 5) is 22.6. The molecule has 0 aliphatic carbocycles. The number of aryl methyl sites for hydroxylation is 1. The van der Waals surface area contributed by atoms with Crippen molar-refractivity contribution >= 4 is 17.7 Å². The van der Waals surface area contributed by atoms with Gasteiger partial charge in [-0.2, -0.15) is 0 Å². The van der Waals surface area contributed by atoms with E-state index < -0.39 is 17.9 Å².